The molecule has 2 aromatic rings. The highest BCUT2D eigenvalue weighted by Crippen LogP contribution is 2.21. The molecule has 2 saturated heterocycles. The van der Waals surface area contributed by atoms with Crippen LogP contribution in [0.3, 0.4) is 0 Å². The fourth-order valence-electron chi connectivity index (χ4n) is 4.19. The SMILES string of the molecule is Cc1ccc(C(=O)N2CCCC(COc3ccc(CN4CCOCC4)cc3)C2)cc1. The third-order valence-corrected chi connectivity index (χ3v) is 6.02. The minimum absolute atomic E-state index is 0.132. The summed E-state index contributed by atoms with van der Waals surface area (Å²) in [5, 5.41) is 0. The Morgan fingerprint density at radius 3 is 2.50 bits per heavy atom. The van der Waals surface area contributed by atoms with Gasteiger partial charge in [0, 0.05) is 44.2 Å². The first-order valence-corrected chi connectivity index (χ1v) is 11.1. The molecular weight excluding hydrogens is 376 g/mol. The molecule has 2 aliphatic heterocycles. The smallest absolute Gasteiger partial charge is 0.253 e. The van der Waals surface area contributed by atoms with E-state index < -0.39 is 0 Å². The number of hydrogen-bond donors (Lipinski definition) is 0. The van der Waals surface area contributed by atoms with Gasteiger partial charge in [-0.05, 0) is 49.6 Å². The van der Waals surface area contributed by atoms with E-state index >= 15 is 0 Å². The summed E-state index contributed by atoms with van der Waals surface area (Å²) >= 11 is 0. The second-order valence-corrected chi connectivity index (χ2v) is 8.47. The Balaban J connectivity index is 1.26. The van der Waals surface area contributed by atoms with E-state index in [-0.39, 0.29) is 5.91 Å². The summed E-state index contributed by atoms with van der Waals surface area (Å²) in [6.45, 7) is 8.90. The zero-order valence-corrected chi connectivity index (χ0v) is 17.9. The molecule has 2 heterocycles. The number of piperidine rings is 1. The van der Waals surface area contributed by atoms with Gasteiger partial charge >= 0.3 is 0 Å². The molecule has 30 heavy (non-hydrogen) atoms. The average Bonchev–Trinajstić information content (AvgIpc) is 2.79. The number of rotatable bonds is 6. The van der Waals surface area contributed by atoms with Crippen LogP contribution < -0.4 is 4.74 Å². The lowest BCUT2D eigenvalue weighted by Gasteiger charge is -2.32. The topological polar surface area (TPSA) is 42.0 Å². The van der Waals surface area contributed by atoms with Crippen molar-refractivity contribution < 1.29 is 14.3 Å². The molecule has 4 rings (SSSR count). The van der Waals surface area contributed by atoms with Crippen LogP contribution in [0.4, 0.5) is 0 Å². The van der Waals surface area contributed by atoms with Gasteiger partial charge in [-0.15, -0.1) is 0 Å². The van der Waals surface area contributed by atoms with Crippen LogP contribution >= 0.6 is 0 Å². The number of carbonyl (C=O) groups is 1. The molecule has 0 spiro atoms. The third kappa shape index (κ3) is 5.61. The van der Waals surface area contributed by atoms with Crippen LogP contribution in [-0.4, -0.2) is 61.7 Å². The van der Waals surface area contributed by atoms with Crippen molar-refractivity contribution in [1.29, 1.82) is 0 Å². The fraction of sp³-hybridized carbons (Fsp3) is 0.480. The van der Waals surface area contributed by atoms with Crippen molar-refractivity contribution >= 4 is 5.91 Å². The van der Waals surface area contributed by atoms with E-state index in [1.54, 1.807) is 0 Å². The van der Waals surface area contributed by atoms with Crippen molar-refractivity contribution in [3.63, 3.8) is 0 Å². The molecule has 2 fully saturated rings. The molecule has 5 heteroatoms. The molecule has 2 aliphatic rings. The number of carbonyl (C=O) groups excluding carboxylic acids is 1. The van der Waals surface area contributed by atoms with Gasteiger partial charge in [-0.25, -0.2) is 0 Å². The first-order valence-electron chi connectivity index (χ1n) is 11.1. The van der Waals surface area contributed by atoms with Gasteiger partial charge in [-0.2, -0.15) is 0 Å². The van der Waals surface area contributed by atoms with Crippen LogP contribution in [0.25, 0.3) is 0 Å². The zero-order valence-electron chi connectivity index (χ0n) is 17.9. The minimum atomic E-state index is 0.132. The van der Waals surface area contributed by atoms with Gasteiger partial charge in [-0.3, -0.25) is 9.69 Å². The van der Waals surface area contributed by atoms with E-state index in [0.717, 1.165) is 70.1 Å². The Bertz CT molecular complexity index is 813. The molecule has 0 radical (unpaired) electrons. The summed E-state index contributed by atoms with van der Waals surface area (Å²) < 4.78 is 11.5. The van der Waals surface area contributed by atoms with Crippen molar-refractivity contribution in [2.75, 3.05) is 46.0 Å². The molecular formula is C25H32N2O3. The highest BCUT2D eigenvalue weighted by molar-refractivity contribution is 5.94. The quantitative estimate of drug-likeness (QED) is 0.730. The van der Waals surface area contributed by atoms with Crippen molar-refractivity contribution in [3.05, 3.63) is 65.2 Å². The number of hydrogen-bond acceptors (Lipinski definition) is 4. The summed E-state index contributed by atoms with van der Waals surface area (Å²) in [5.74, 6) is 1.41. The number of ether oxygens (including phenoxy) is 2. The third-order valence-electron chi connectivity index (χ3n) is 6.02. The maximum Gasteiger partial charge on any atom is 0.253 e. The van der Waals surface area contributed by atoms with Gasteiger partial charge in [0.2, 0.25) is 0 Å². The highest BCUT2D eigenvalue weighted by atomic mass is 16.5. The predicted molar refractivity (Wildman–Crippen MR) is 118 cm³/mol. The van der Waals surface area contributed by atoms with Crippen molar-refractivity contribution in [3.8, 4) is 5.75 Å². The lowest BCUT2D eigenvalue weighted by atomic mass is 9.98. The molecule has 0 aliphatic carbocycles. The van der Waals surface area contributed by atoms with E-state index in [1.165, 1.54) is 11.1 Å². The van der Waals surface area contributed by atoms with Crippen LogP contribution in [0.1, 0.15) is 34.3 Å². The Hall–Kier alpha value is -2.37. The maximum atomic E-state index is 12.8. The number of benzene rings is 2. The van der Waals surface area contributed by atoms with Gasteiger partial charge in [0.25, 0.3) is 5.91 Å². The van der Waals surface area contributed by atoms with Gasteiger partial charge in [0.1, 0.15) is 5.75 Å². The number of morpholine rings is 1. The first kappa shape index (κ1) is 20.9. The molecule has 0 aromatic heterocycles. The maximum absolute atomic E-state index is 12.8. The van der Waals surface area contributed by atoms with Gasteiger partial charge in [0.05, 0.1) is 19.8 Å². The largest absolute Gasteiger partial charge is 0.493 e. The Morgan fingerprint density at radius 2 is 1.77 bits per heavy atom. The number of aryl methyl sites for hydroxylation is 1. The molecule has 1 amide bonds. The molecule has 0 N–H and O–H groups in total. The summed E-state index contributed by atoms with van der Waals surface area (Å²) in [6.07, 6.45) is 2.14. The standard InChI is InChI=1S/C25H32N2O3/c1-20-4-8-23(9-5-20)25(28)27-12-2-3-22(18-27)19-30-24-10-6-21(7-11-24)17-26-13-15-29-16-14-26/h4-11,22H,2-3,12-19H2,1H3. The Labute approximate surface area is 179 Å². The van der Waals surface area contributed by atoms with Gasteiger partial charge < -0.3 is 14.4 Å². The van der Waals surface area contributed by atoms with Crippen LogP contribution in [0.2, 0.25) is 0 Å². The zero-order chi connectivity index (χ0) is 20.8. The number of amides is 1. The Kier molecular flexibility index (Phi) is 7.03. The van der Waals surface area contributed by atoms with E-state index in [9.17, 15) is 4.79 Å². The van der Waals surface area contributed by atoms with Crippen LogP contribution in [0.5, 0.6) is 5.75 Å². The summed E-state index contributed by atoms with van der Waals surface area (Å²) in [5.41, 5.74) is 3.25. The lowest BCUT2D eigenvalue weighted by Crippen LogP contribution is -2.41. The van der Waals surface area contributed by atoms with E-state index in [0.29, 0.717) is 12.5 Å². The van der Waals surface area contributed by atoms with E-state index in [1.807, 2.05) is 36.1 Å². The minimum Gasteiger partial charge on any atom is -0.493 e. The number of nitrogens with zero attached hydrogens (tertiary/aromatic N) is 2. The fourth-order valence-corrected chi connectivity index (χ4v) is 4.19. The van der Waals surface area contributed by atoms with Crippen LogP contribution in [0, 0.1) is 12.8 Å². The van der Waals surface area contributed by atoms with Gasteiger partial charge in [0.15, 0.2) is 0 Å². The summed E-state index contributed by atoms with van der Waals surface area (Å²) in [6, 6.07) is 16.3. The van der Waals surface area contributed by atoms with E-state index in [2.05, 4.69) is 29.2 Å². The van der Waals surface area contributed by atoms with Crippen molar-refractivity contribution in [2.45, 2.75) is 26.3 Å². The van der Waals surface area contributed by atoms with Crippen LogP contribution in [-0.2, 0) is 11.3 Å². The summed E-state index contributed by atoms with van der Waals surface area (Å²) in [4.78, 5) is 17.2. The Morgan fingerprint density at radius 1 is 1.03 bits per heavy atom. The molecule has 5 nitrogen and oxygen atoms in total. The molecule has 0 bridgehead atoms. The second-order valence-electron chi connectivity index (χ2n) is 8.47. The second kappa shape index (κ2) is 10.1. The average molecular weight is 409 g/mol. The van der Waals surface area contributed by atoms with Crippen LogP contribution in [0.15, 0.2) is 48.5 Å². The van der Waals surface area contributed by atoms with Crippen molar-refractivity contribution in [1.82, 2.24) is 9.80 Å². The normalized spacial score (nSPS) is 20.2. The lowest BCUT2D eigenvalue weighted by molar-refractivity contribution is 0.0342. The molecule has 160 valence electrons. The molecule has 0 saturated carbocycles. The highest BCUT2D eigenvalue weighted by Gasteiger charge is 2.25. The van der Waals surface area contributed by atoms with Gasteiger partial charge in [-0.1, -0.05) is 29.8 Å². The monoisotopic (exact) mass is 408 g/mol. The molecule has 2 aromatic carbocycles. The molecule has 1 atom stereocenters. The number of likely N-dealkylation sites (tertiary alicyclic amines) is 1. The molecule has 1 unspecified atom stereocenters. The summed E-state index contributed by atoms with van der Waals surface area (Å²) in [7, 11) is 0. The van der Waals surface area contributed by atoms with E-state index in [4.69, 9.17) is 9.47 Å². The predicted octanol–water partition coefficient (Wildman–Crippen LogP) is 3.76. The van der Waals surface area contributed by atoms with Crippen molar-refractivity contribution in [2.24, 2.45) is 5.92 Å². The first-order chi connectivity index (χ1) is 14.7.